The number of rotatable bonds is 4. The van der Waals surface area contributed by atoms with Crippen LogP contribution in [0.5, 0.6) is 0 Å². The van der Waals surface area contributed by atoms with Gasteiger partial charge in [0.15, 0.2) is 0 Å². The van der Waals surface area contributed by atoms with Gasteiger partial charge in [-0.2, -0.15) is 0 Å². The van der Waals surface area contributed by atoms with Gasteiger partial charge >= 0.3 is 0 Å². The number of hydrogen-bond acceptors (Lipinski definition) is 4. The quantitative estimate of drug-likeness (QED) is 0.633. The lowest BCUT2D eigenvalue weighted by Crippen LogP contribution is -2.19. The van der Waals surface area contributed by atoms with Gasteiger partial charge < -0.3 is 11.1 Å². The number of fused-ring (bicyclic) bond motifs is 1. The van der Waals surface area contributed by atoms with Gasteiger partial charge in [0.2, 0.25) is 0 Å². The van der Waals surface area contributed by atoms with Gasteiger partial charge in [0.05, 0.1) is 6.04 Å². The zero-order valence-electron chi connectivity index (χ0n) is 11.9. The Morgan fingerprint density at radius 2 is 2.29 bits per heavy atom. The third kappa shape index (κ3) is 2.96. The van der Waals surface area contributed by atoms with Crippen molar-refractivity contribution < 1.29 is 0 Å². The molecule has 0 bridgehead atoms. The minimum absolute atomic E-state index is 0.366. The summed E-state index contributed by atoms with van der Waals surface area (Å²) in [6, 6.07) is 8.82. The molecule has 110 valence electrons. The minimum Gasteiger partial charge on any atom is -0.389 e. The van der Waals surface area contributed by atoms with Crippen molar-refractivity contribution in [1.29, 1.82) is 0 Å². The second kappa shape index (κ2) is 6.38. The van der Waals surface area contributed by atoms with Crippen molar-refractivity contribution in [1.82, 2.24) is 0 Å². The second-order valence-electron chi connectivity index (χ2n) is 5.14. The molecule has 2 aromatic rings. The third-order valence-corrected chi connectivity index (χ3v) is 5.85. The summed E-state index contributed by atoms with van der Waals surface area (Å²) >= 11 is 8.80. The number of thiocarbonyl (C=S) groups is 1. The lowest BCUT2D eigenvalue weighted by molar-refractivity contribution is 0.608. The lowest BCUT2D eigenvalue weighted by atomic mass is 9.93. The minimum atomic E-state index is 0.366. The van der Waals surface area contributed by atoms with E-state index in [1.807, 2.05) is 11.3 Å². The largest absolute Gasteiger partial charge is 0.389 e. The maximum Gasteiger partial charge on any atom is 0.107 e. The van der Waals surface area contributed by atoms with Crippen LogP contribution in [-0.4, -0.2) is 11.2 Å². The van der Waals surface area contributed by atoms with Crippen LogP contribution >= 0.6 is 35.3 Å². The van der Waals surface area contributed by atoms with Crippen LogP contribution in [0.4, 0.5) is 5.69 Å². The van der Waals surface area contributed by atoms with Crippen LogP contribution < -0.4 is 11.1 Å². The van der Waals surface area contributed by atoms with E-state index in [-0.39, 0.29) is 0 Å². The van der Waals surface area contributed by atoms with E-state index in [0.717, 1.165) is 22.6 Å². The standard InChI is InChI=1S/C16H18N2S3/c1-20-14-7-3-5-12(15(14)16(17)19)18-11-4-2-6-13-10(11)8-9-21-13/h3,5,7-9,11,18H,2,4,6H2,1H3,(H2,17,19). The predicted octanol–water partition coefficient (Wildman–Crippen LogP) is 4.59. The number of nitrogens with two attached hydrogens (primary N) is 1. The molecule has 21 heavy (non-hydrogen) atoms. The first-order chi connectivity index (χ1) is 10.2. The predicted molar refractivity (Wildman–Crippen MR) is 97.7 cm³/mol. The number of aryl methyl sites for hydroxylation is 1. The van der Waals surface area contributed by atoms with Crippen LogP contribution in [0.3, 0.4) is 0 Å². The Morgan fingerprint density at radius 1 is 1.43 bits per heavy atom. The third-order valence-electron chi connectivity index (χ3n) is 3.87. The molecule has 5 heteroatoms. The summed E-state index contributed by atoms with van der Waals surface area (Å²) in [5.74, 6) is 0. The molecule has 0 saturated heterocycles. The van der Waals surface area contributed by atoms with Gasteiger partial charge in [-0.25, -0.2) is 0 Å². The van der Waals surface area contributed by atoms with Crippen LogP contribution in [0, 0.1) is 0 Å². The summed E-state index contributed by atoms with van der Waals surface area (Å²) in [6.07, 6.45) is 5.65. The molecular weight excluding hydrogens is 316 g/mol. The number of hydrogen-bond donors (Lipinski definition) is 2. The Hall–Kier alpha value is -1.04. The smallest absolute Gasteiger partial charge is 0.107 e. The Balaban J connectivity index is 1.95. The van der Waals surface area contributed by atoms with Crippen LogP contribution in [0.25, 0.3) is 0 Å². The maximum absolute atomic E-state index is 5.95. The highest BCUT2D eigenvalue weighted by molar-refractivity contribution is 7.98. The highest BCUT2D eigenvalue weighted by atomic mass is 32.2. The van der Waals surface area contributed by atoms with E-state index in [0.29, 0.717) is 11.0 Å². The van der Waals surface area contributed by atoms with E-state index in [4.69, 9.17) is 18.0 Å². The Kier molecular flexibility index (Phi) is 4.52. The average Bonchev–Trinajstić information content (AvgIpc) is 2.96. The number of thioether (sulfide) groups is 1. The Morgan fingerprint density at radius 3 is 3.05 bits per heavy atom. The van der Waals surface area contributed by atoms with Gasteiger partial charge in [0.1, 0.15) is 4.99 Å². The molecule has 1 unspecified atom stereocenters. The van der Waals surface area contributed by atoms with E-state index in [1.54, 1.807) is 11.8 Å². The molecule has 3 rings (SSSR count). The average molecular weight is 335 g/mol. The number of nitrogens with one attached hydrogen (secondary N) is 1. The summed E-state index contributed by atoms with van der Waals surface area (Å²) < 4.78 is 0. The van der Waals surface area contributed by atoms with Crippen molar-refractivity contribution in [2.24, 2.45) is 5.73 Å². The molecule has 3 N–H and O–H groups in total. The zero-order chi connectivity index (χ0) is 14.8. The molecule has 0 amide bonds. The van der Waals surface area contributed by atoms with Crippen LogP contribution in [0.1, 0.15) is 34.9 Å². The fourth-order valence-electron chi connectivity index (χ4n) is 2.90. The van der Waals surface area contributed by atoms with Gasteiger partial charge in [-0.1, -0.05) is 18.3 Å². The van der Waals surface area contributed by atoms with Crippen LogP contribution in [0.15, 0.2) is 34.5 Å². The molecule has 1 heterocycles. The monoisotopic (exact) mass is 334 g/mol. The normalized spacial score (nSPS) is 17.3. The molecule has 1 atom stereocenters. The van der Waals surface area contributed by atoms with Gasteiger partial charge in [-0.05, 0) is 54.7 Å². The molecule has 1 aliphatic carbocycles. The van der Waals surface area contributed by atoms with E-state index in [2.05, 4.69) is 41.2 Å². The van der Waals surface area contributed by atoms with Crippen molar-refractivity contribution >= 4 is 46.0 Å². The van der Waals surface area contributed by atoms with E-state index >= 15 is 0 Å². The number of benzene rings is 1. The molecule has 1 aliphatic rings. The zero-order valence-corrected chi connectivity index (χ0v) is 14.3. The maximum atomic E-state index is 5.95. The summed E-state index contributed by atoms with van der Waals surface area (Å²) in [5.41, 5.74) is 9.42. The highest BCUT2D eigenvalue weighted by Gasteiger charge is 2.22. The van der Waals surface area contributed by atoms with Crippen molar-refractivity contribution in [3.05, 3.63) is 45.6 Å². The van der Waals surface area contributed by atoms with Gasteiger partial charge in [-0.3, -0.25) is 0 Å². The van der Waals surface area contributed by atoms with Crippen LogP contribution in [-0.2, 0) is 6.42 Å². The first-order valence-corrected chi connectivity index (χ1v) is 9.51. The van der Waals surface area contributed by atoms with Gasteiger partial charge in [-0.15, -0.1) is 23.1 Å². The Labute approximate surface area is 139 Å². The lowest BCUT2D eigenvalue weighted by Gasteiger charge is -2.26. The molecule has 1 aromatic heterocycles. The molecule has 1 aromatic carbocycles. The van der Waals surface area contributed by atoms with Crippen molar-refractivity contribution in [3.8, 4) is 0 Å². The summed E-state index contributed by atoms with van der Waals surface area (Å²) in [7, 11) is 0. The molecular formula is C16H18N2S3. The number of thiophene rings is 1. The molecule has 2 nitrogen and oxygen atoms in total. The van der Waals surface area contributed by atoms with E-state index in [9.17, 15) is 0 Å². The van der Waals surface area contributed by atoms with Crippen molar-refractivity contribution in [3.63, 3.8) is 0 Å². The molecule has 0 aliphatic heterocycles. The van der Waals surface area contributed by atoms with Crippen molar-refractivity contribution in [2.75, 3.05) is 11.6 Å². The van der Waals surface area contributed by atoms with Gasteiger partial charge in [0, 0.05) is 21.0 Å². The fraction of sp³-hybridized carbons (Fsp3) is 0.312. The molecule has 0 spiro atoms. The molecule has 0 saturated carbocycles. The Bertz CT molecular complexity index is 663. The van der Waals surface area contributed by atoms with E-state index in [1.165, 1.54) is 23.3 Å². The van der Waals surface area contributed by atoms with Gasteiger partial charge in [0.25, 0.3) is 0 Å². The number of anilines is 1. The molecule has 0 fully saturated rings. The van der Waals surface area contributed by atoms with Crippen molar-refractivity contribution in [2.45, 2.75) is 30.2 Å². The summed E-state index contributed by atoms with van der Waals surface area (Å²) in [5, 5.41) is 5.87. The topological polar surface area (TPSA) is 38.0 Å². The first-order valence-electron chi connectivity index (χ1n) is 7.00. The highest BCUT2D eigenvalue weighted by Crippen LogP contribution is 2.37. The summed E-state index contributed by atoms with van der Waals surface area (Å²) in [4.78, 5) is 3.11. The fourth-order valence-corrected chi connectivity index (χ4v) is 4.81. The van der Waals surface area contributed by atoms with Crippen LogP contribution in [0.2, 0.25) is 0 Å². The molecule has 0 radical (unpaired) electrons. The SMILES string of the molecule is CSc1cccc(NC2CCCc3sccc32)c1C(N)=S. The van der Waals surface area contributed by atoms with E-state index < -0.39 is 0 Å². The summed E-state index contributed by atoms with van der Waals surface area (Å²) in [6.45, 7) is 0. The second-order valence-corrected chi connectivity index (χ2v) is 7.42. The first kappa shape index (κ1) is 14.9.